The molecule has 0 aromatic heterocycles. The van der Waals surface area contributed by atoms with Crippen LogP contribution in [0.2, 0.25) is 0 Å². The van der Waals surface area contributed by atoms with Crippen molar-refractivity contribution in [3.63, 3.8) is 0 Å². The van der Waals surface area contributed by atoms with Gasteiger partial charge in [0.2, 0.25) is 23.6 Å². The number of fused-ring (bicyclic) bond motifs is 1. The first-order chi connectivity index (χ1) is 13.0. The molecule has 2 aliphatic rings. The summed E-state index contributed by atoms with van der Waals surface area (Å²) in [6.45, 7) is 2.38. The van der Waals surface area contributed by atoms with Crippen LogP contribution in [-0.2, 0) is 25.6 Å². The first kappa shape index (κ1) is 18.9. The third kappa shape index (κ3) is 4.64. The lowest BCUT2D eigenvalue weighted by Crippen LogP contribution is -2.55. The number of anilines is 1. The summed E-state index contributed by atoms with van der Waals surface area (Å²) in [6.07, 6.45) is 1.41. The highest BCUT2D eigenvalue weighted by molar-refractivity contribution is 5.96. The van der Waals surface area contributed by atoms with Crippen LogP contribution >= 0.6 is 0 Å². The maximum Gasteiger partial charge on any atom is 0.243 e. The van der Waals surface area contributed by atoms with Gasteiger partial charge in [-0.25, -0.2) is 0 Å². The lowest BCUT2D eigenvalue weighted by Gasteiger charge is -2.28. The van der Waals surface area contributed by atoms with Gasteiger partial charge in [-0.15, -0.1) is 0 Å². The summed E-state index contributed by atoms with van der Waals surface area (Å²) in [4.78, 5) is 49.3. The van der Waals surface area contributed by atoms with E-state index in [2.05, 4.69) is 16.0 Å². The quantitative estimate of drug-likeness (QED) is 0.662. The third-order valence-electron chi connectivity index (χ3n) is 4.90. The SMILES string of the molecule is CCc1cccc(NC(=O)CCC(=O)N[C@@H]2C[C@H]3C(=O)NCC(=O)N3C2)c1. The number of aryl methyl sites for hydroxylation is 1. The fourth-order valence-corrected chi connectivity index (χ4v) is 3.47. The van der Waals surface area contributed by atoms with E-state index in [0.717, 1.165) is 17.7 Å². The van der Waals surface area contributed by atoms with E-state index in [0.29, 0.717) is 13.0 Å². The molecule has 3 N–H and O–H groups in total. The second-order valence-electron chi connectivity index (χ2n) is 6.88. The van der Waals surface area contributed by atoms with Crippen molar-refractivity contribution in [2.75, 3.05) is 18.4 Å². The zero-order valence-electron chi connectivity index (χ0n) is 15.3. The molecule has 0 bridgehead atoms. The molecule has 1 aromatic rings. The molecule has 0 radical (unpaired) electrons. The predicted octanol–water partition coefficient (Wildman–Crippen LogP) is 0.183. The van der Waals surface area contributed by atoms with Gasteiger partial charge >= 0.3 is 0 Å². The highest BCUT2D eigenvalue weighted by Gasteiger charge is 2.42. The number of carbonyl (C=O) groups is 4. The number of benzene rings is 1. The Morgan fingerprint density at radius 2 is 2.00 bits per heavy atom. The van der Waals surface area contributed by atoms with E-state index >= 15 is 0 Å². The smallest absolute Gasteiger partial charge is 0.243 e. The molecule has 1 aromatic carbocycles. The minimum atomic E-state index is -0.509. The van der Waals surface area contributed by atoms with Crippen LogP contribution in [0, 0.1) is 0 Å². The maximum absolute atomic E-state index is 12.1. The van der Waals surface area contributed by atoms with Crippen LogP contribution in [0.15, 0.2) is 24.3 Å². The number of hydrogen-bond donors (Lipinski definition) is 3. The molecular formula is C19H24N4O4. The molecule has 2 heterocycles. The number of nitrogens with zero attached hydrogens (tertiary/aromatic N) is 1. The molecule has 8 heteroatoms. The minimum absolute atomic E-state index is 0.00933. The third-order valence-corrected chi connectivity index (χ3v) is 4.90. The lowest BCUT2D eigenvalue weighted by atomic mass is 10.1. The zero-order chi connectivity index (χ0) is 19.4. The van der Waals surface area contributed by atoms with Crippen molar-refractivity contribution in [1.82, 2.24) is 15.5 Å². The minimum Gasteiger partial charge on any atom is -0.351 e. The summed E-state index contributed by atoms with van der Waals surface area (Å²) in [7, 11) is 0. The first-order valence-corrected chi connectivity index (χ1v) is 9.21. The Bertz CT molecular complexity index is 740. The van der Waals surface area contributed by atoms with Gasteiger partial charge in [0.15, 0.2) is 0 Å². The van der Waals surface area contributed by atoms with Gasteiger partial charge in [0.25, 0.3) is 0 Å². The summed E-state index contributed by atoms with van der Waals surface area (Å²) in [5, 5.41) is 8.17. The second-order valence-corrected chi connectivity index (χ2v) is 6.88. The van der Waals surface area contributed by atoms with Crippen molar-refractivity contribution in [3.8, 4) is 0 Å². The van der Waals surface area contributed by atoms with Crippen molar-refractivity contribution in [3.05, 3.63) is 29.8 Å². The van der Waals surface area contributed by atoms with Gasteiger partial charge in [0.05, 0.1) is 6.54 Å². The van der Waals surface area contributed by atoms with E-state index in [1.165, 1.54) is 4.90 Å². The van der Waals surface area contributed by atoms with Crippen LogP contribution in [0.5, 0.6) is 0 Å². The van der Waals surface area contributed by atoms with Crippen LogP contribution in [0.1, 0.15) is 31.7 Å². The number of hydrogen-bond acceptors (Lipinski definition) is 4. The van der Waals surface area contributed by atoms with Gasteiger partial charge in [-0.3, -0.25) is 19.2 Å². The normalized spacial score (nSPS) is 21.4. The molecular weight excluding hydrogens is 348 g/mol. The van der Waals surface area contributed by atoms with Crippen molar-refractivity contribution < 1.29 is 19.2 Å². The Hall–Kier alpha value is -2.90. The first-order valence-electron chi connectivity index (χ1n) is 9.21. The van der Waals surface area contributed by atoms with Crippen molar-refractivity contribution in [2.45, 2.75) is 44.7 Å². The van der Waals surface area contributed by atoms with Crippen LogP contribution in [0.3, 0.4) is 0 Å². The Morgan fingerprint density at radius 1 is 1.22 bits per heavy atom. The van der Waals surface area contributed by atoms with Gasteiger partial charge in [-0.2, -0.15) is 0 Å². The summed E-state index contributed by atoms with van der Waals surface area (Å²) < 4.78 is 0. The molecule has 2 fully saturated rings. The highest BCUT2D eigenvalue weighted by atomic mass is 16.2. The van der Waals surface area contributed by atoms with Crippen LogP contribution in [0.25, 0.3) is 0 Å². The number of amides is 4. The predicted molar refractivity (Wildman–Crippen MR) is 98.7 cm³/mol. The summed E-state index contributed by atoms with van der Waals surface area (Å²) >= 11 is 0. The topological polar surface area (TPSA) is 108 Å². The van der Waals surface area contributed by atoms with E-state index in [1.54, 1.807) is 0 Å². The molecule has 144 valence electrons. The van der Waals surface area contributed by atoms with Crippen molar-refractivity contribution in [1.29, 1.82) is 0 Å². The van der Waals surface area contributed by atoms with Crippen LogP contribution < -0.4 is 16.0 Å². The lowest BCUT2D eigenvalue weighted by molar-refractivity contribution is -0.143. The van der Waals surface area contributed by atoms with E-state index in [-0.39, 0.29) is 49.1 Å². The molecule has 4 amide bonds. The summed E-state index contributed by atoms with van der Waals surface area (Å²) in [5.41, 5.74) is 1.85. The van der Waals surface area contributed by atoms with E-state index < -0.39 is 6.04 Å². The standard InChI is InChI=1S/C19H24N4O4/c1-2-12-4-3-5-13(8-12)21-16(24)6-7-17(25)22-14-9-15-19(27)20-10-18(26)23(15)11-14/h3-5,8,14-15H,2,6-7,9-11H2,1H3,(H,20,27)(H,21,24)(H,22,25)/t14-,15+/m1/s1. The number of piperazine rings is 1. The molecule has 8 nitrogen and oxygen atoms in total. The van der Waals surface area contributed by atoms with E-state index in [9.17, 15) is 19.2 Å². The summed E-state index contributed by atoms with van der Waals surface area (Å²) in [6, 6.07) is 6.82. The van der Waals surface area contributed by atoms with E-state index in [1.807, 2.05) is 31.2 Å². The Kier molecular flexibility index (Phi) is 5.73. The molecule has 2 atom stereocenters. The van der Waals surface area contributed by atoms with Gasteiger partial charge in [0.1, 0.15) is 6.04 Å². The fourth-order valence-electron chi connectivity index (χ4n) is 3.47. The van der Waals surface area contributed by atoms with Crippen LogP contribution in [-0.4, -0.2) is 53.7 Å². The number of carbonyl (C=O) groups excluding carboxylic acids is 4. The van der Waals surface area contributed by atoms with Gasteiger partial charge in [0, 0.05) is 31.1 Å². The van der Waals surface area contributed by atoms with Crippen molar-refractivity contribution in [2.24, 2.45) is 0 Å². The van der Waals surface area contributed by atoms with Gasteiger partial charge < -0.3 is 20.9 Å². The molecule has 2 saturated heterocycles. The Balaban J connectivity index is 1.44. The van der Waals surface area contributed by atoms with Gasteiger partial charge in [-0.05, 0) is 30.5 Å². The molecule has 0 aliphatic carbocycles. The largest absolute Gasteiger partial charge is 0.351 e. The average Bonchev–Trinajstić information content (AvgIpc) is 3.08. The molecule has 0 unspecified atom stereocenters. The molecule has 0 saturated carbocycles. The molecule has 0 spiro atoms. The molecule has 2 aliphatic heterocycles. The molecule has 27 heavy (non-hydrogen) atoms. The van der Waals surface area contributed by atoms with E-state index in [4.69, 9.17) is 0 Å². The van der Waals surface area contributed by atoms with Crippen molar-refractivity contribution >= 4 is 29.3 Å². The van der Waals surface area contributed by atoms with Gasteiger partial charge in [-0.1, -0.05) is 19.1 Å². The van der Waals surface area contributed by atoms with Crippen LogP contribution in [0.4, 0.5) is 5.69 Å². The second kappa shape index (κ2) is 8.20. The average molecular weight is 372 g/mol. The maximum atomic E-state index is 12.1. The Morgan fingerprint density at radius 3 is 2.74 bits per heavy atom. The summed E-state index contributed by atoms with van der Waals surface area (Å²) in [5.74, 6) is -0.799. The monoisotopic (exact) mass is 372 g/mol. The zero-order valence-corrected chi connectivity index (χ0v) is 15.3. The number of rotatable bonds is 6. The molecule has 3 rings (SSSR count). The number of nitrogens with one attached hydrogen (secondary N) is 3. The highest BCUT2D eigenvalue weighted by Crippen LogP contribution is 2.20. The fraction of sp³-hybridized carbons (Fsp3) is 0.474. The Labute approximate surface area is 157 Å².